The maximum Gasteiger partial charge on any atom is 0.239 e. The standard InChI is InChI=1S/C17H22BrN3O2/c1-19-12-5-4-9-20(11-12)16(22)13-8-10-21(17(13)23)15-7-3-2-6-14(15)18/h2-3,6-7,12-13,19H,4-5,8-11H2,1H3/t12-,13-/m1/s1. The van der Waals surface area contributed by atoms with E-state index in [4.69, 9.17) is 0 Å². The van der Waals surface area contributed by atoms with E-state index in [0.29, 0.717) is 25.6 Å². The molecule has 0 radical (unpaired) electrons. The van der Waals surface area contributed by atoms with Crippen LogP contribution in [0.2, 0.25) is 0 Å². The highest BCUT2D eigenvalue weighted by Crippen LogP contribution is 2.32. The van der Waals surface area contributed by atoms with Crippen LogP contribution >= 0.6 is 15.9 Å². The molecule has 2 saturated heterocycles. The van der Waals surface area contributed by atoms with Crippen molar-refractivity contribution in [3.8, 4) is 0 Å². The molecule has 0 unspecified atom stereocenters. The fraction of sp³-hybridized carbons (Fsp3) is 0.529. The van der Waals surface area contributed by atoms with Gasteiger partial charge in [-0.05, 0) is 54.4 Å². The minimum atomic E-state index is -0.530. The number of likely N-dealkylation sites (tertiary alicyclic amines) is 1. The van der Waals surface area contributed by atoms with E-state index in [1.807, 2.05) is 36.2 Å². The fourth-order valence-corrected chi connectivity index (χ4v) is 3.95. The number of halogens is 1. The number of carbonyl (C=O) groups is 2. The number of piperidine rings is 1. The topological polar surface area (TPSA) is 52.7 Å². The number of benzene rings is 1. The van der Waals surface area contributed by atoms with Crippen LogP contribution < -0.4 is 10.2 Å². The van der Waals surface area contributed by atoms with Crippen LogP contribution in [0.15, 0.2) is 28.7 Å². The molecular formula is C17H22BrN3O2. The van der Waals surface area contributed by atoms with E-state index >= 15 is 0 Å². The molecule has 2 fully saturated rings. The highest BCUT2D eigenvalue weighted by molar-refractivity contribution is 9.10. The van der Waals surface area contributed by atoms with Crippen LogP contribution in [-0.2, 0) is 9.59 Å². The van der Waals surface area contributed by atoms with Gasteiger partial charge in [0.05, 0.1) is 5.69 Å². The number of likely N-dealkylation sites (N-methyl/N-ethyl adjacent to an activating group) is 1. The maximum absolute atomic E-state index is 12.8. The zero-order valence-corrected chi connectivity index (χ0v) is 14.9. The van der Waals surface area contributed by atoms with E-state index in [-0.39, 0.29) is 11.8 Å². The number of nitrogens with one attached hydrogen (secondary N) is 1. The van der Waals surface area contributed by atoms with E-state index in [1.54, 1.807) is 4.90 Å². The Bertz CT molecular complexity index is 607. The van der Waals surface area contributed by atoms with Gasteiger partial charge in [0.25, 0.3) is 0 Å². The minimum absolute atomic E-state index is 0.00972. The van der Waals surface area contributed by atoms with E-state index in [2.05, 4.69) is 21.2 Å². The Morgan fingerprint density at radius 2 is 2.04 bits per heavy atom. The van der Waals surface area contributed by atoms with Crippen molar-refractivity contribution in [3.05, 3.63) is 28.7 Å². The van der Waals surface area contributed by atoms with Crippen molar-refractivity contribution in [2.45, 2.75) is 25.3 Å². The number of rotatable bonds is 3. The lowest BCUT2D eigenvalue weighted by atomic mass is 10.0. The van der Waals surface area contributed by atoms with E-state index < -0.39 is 5.92 Å². The van der Waals surface area contributed by atoms with Crippen LogP contribution in [0.1, 0.15) is 19.3 Å². The van der Waals surface area contributed by atoms with Gasteiger partial charge in [0.2, 0.25) is 11.8 Å². The molecule has 1 N–H and O–H groups in total. The SMILES string of the molecule is CN[C@@H]1CCCN(C(=O)[C@H]2CCN(c3ccccc3Br)C2=O)C1. The molecule has 1 aromatic carbocycles. The summed E-state index contributed by atoms with van der Waals surface area (Å²) in [6.45, 7) is 2.06. The highest BCUT2D eigenvalue weighted by Gasteiger charge is 2.40. The minimum Gasteiger partial charge on any atom is -0.340 e. The van der Waals surface area contributed by atoms with Gasteiger partial charge in [-0.3, -0.25) is 9.59 Å². The molecule has 0 aromatic heterocycles. The number of para-hydroxylation sites is 1. The summed E-state index contributed by atoms with van der Waals surface area (Å²) in [5.41, 5.74) is 0.847. The fourth-order valence-electron chi connectivity index (χ4n) is 3.45. The summed E-state index contributed by atoms with van der Waals surface area (Å²) in [5, 5.41) is 3.24. The van der Waals surface area contributed by atoms with Crippen molar-refractivity contribution in [2.75, 3.05) is 31.6 Å². The van der Waals surface area contributed by atoms with Gasteiger partial charge in [0, 0.05) is 30.1 Å². The lowest BCUT2D eigenvalue weighted by molar-refractivity contribution is -0.140. The summed E-state index contributed by atoms with van der Waals surface area (Å²) < 4.78 is 0.884. The van der Waals surface area contributed by atoms with E-state index in [1.165, 1.54) is 0 Å². The van der Waals surface area contributed by atoms with Crippen molar-refractivity contribution in [3.63, 3.8) is 0 Å². The third-order valence-electron chi connectivity index (χ3n) is 4.79. The van der Waals surface area contributed by atoms with E-state index in [9.17, 15) is 9.59 Å². The van der Waals surface area contributed by atoms with Crippen LogP contribution in [0.3, 0.4) is 0 Å². The summed E-state index contributed by atoms with van der Waals surface area (Å²) in [5.74, 6) is -0.615. The lowest BCUT2D eigenvalue weighted by Crippen LogP contribution is -2.49. The predicted molar refractivity (Wildman–Crippen MR) is 93.3 cm³/mol. The third-order valence-corrected chi connectivity index (χ3v) is 5.46. The lowest BCUT2D eigenvalue weighted by Gasteiger charge is -2.33. The second-order valence-corrected chi connectivity index (χ2v) is 7.05. The molecule has 0 spiro atoms. The molecule has 6 heteroatoms. The van der Waals surface area contributed by atoms with Gasteiger partial charge in [0.15, 0.2) is 0 Å². The highest BCUT2D eigenvalue weighted by atomic mass is 79.9. The van der Waals surface area contributed by atoms with Gasteiger partial charge in [-0.2, -0.15) is 0 Å². The molecule has 2 heterocycles. The normalized spacial score (nSPS) is 25.0. The Morgan fingerprint density at radius 3 is 2.78 bits per heavy atom. The van der Waals surface area contributed by atoms with Gasteiger partial charge < -0.3 is 15.1 Å². The maximum atomic E-state index is 12.8. The first-order chi connectivity index (χ1) is 11.1. The van der Waals surface area contributed by atoms with Gasteiger partial charge in [0.1, 0.15) is 5.92 Å². The largest absolute Gasteiger partial charge is 0.340 e. The van der Waals surface area contributed by atoms with E-state index in [0.717, 1.165) is 29.5 Å². The average Bonchev–Trinajstić information content (AvgIpc) is 2.96. The number of amides is 2. The van der Waals surface area contributed by atoms with Crippen molar-refractivity contribution >= 4 is 33.4 Å². The molecule has 3 rings (SSSR count). The van der Waals surface area contributed by atoms with Crippen LogP contribution in [0.4, 0.5) is 5.69 Å². The molecule has 1 aromatic rings. The zero-order valence-electron chi connectivity index (χ0n) is 13.3. The summed E-state index contributed by atoms with van der Waals surface area (Å²) in [7, 11) is 1.92. The Labute approximate surface area is 145 Å². The molecule has 0 bridgehead atoms. The molecule has 0 aliphatic carbocycles. The number of hydrogen-bond acceptors (Lipinski definition) is 3. The van der Waals surface area contributed by atoms with Gasteiger partial charge in [-0.15, -0.1) is 0 Å². The molecule has 2 amide bonds. The van der Waals surface area contributed by atoms with Crippen molar-refractivity contribution < 1.29 is 9.59 Å². The Hall–Kier alpha value is -1.40. The van der Waals surface area contributed by atoms with Crippen molar-refractivity contribution in [1.82, 2.24) is 10.2 Å². The molecule has 5 nitrogen and oxygen atoms in total. The summed E-state index contributed by atoms with van der Waals surface area (Å²) in [6.07, 6.45) is 2.67. The molecular weight excluding hydrogens is 358 g/mol. The quantitative estimate of drug-likeness (QED) is 0.817. The number of carbonyl (C=O) groups excluding carboxylic acids is 2. The van der Waals surface area contributed by atoms with Gasteiger partial charge >= 0.3 is 0 Å². The van der Waals surface area contributed by atoms with Crippen LogP contribution in [-0.4, -0.2) is 49.4 Å². The third kappa shape index (κ3) is 3.28. The summed E-state index contributed by atoms with van der Waals surface area (Å²) in [4.78, 5) is 29.1. The van der Waals surface area contributed by atoms with Crippen LogP contribution in [0.5, 0.6) is 0 Å². The molecule has 2 aliphatic heterocycles. The van der Waals surface area contributed by atoms with Gasteiger partial charge in [-0.25, -0.2) is 0 Å². The second kappa shape index (κ2) is 7.01. The molecule has 2 atom stereocenters. The molecule has 124 valence electrons. The monoisotopic (exact) mass is 379 g/mol. The zero-order chi connectivity index (χ0) is 16.4. The average molecular weight is 380 g/mol. The molecule has 0 saturated carbocycles. The second-order valence-electron chi connectivity index (χ2n) is 6.19. The Morgan fingerprint density at radius 1 is 1.26 bits per heavy atom. The summed E-state index contributed by atoms with van der Waals surface area (Å²) >= 11 is 3.49. The smallest absolute Gasteiger partial charge is 0.239 e. The molecule has 2 aliphatic rings. The first-order valence-corrected chi connectivity index (χ1v) is 8.93. The van der Waals surface area contributed by atoms with Crippen molar-refractivity contribution in [2.24, 2.45) is 5.92 Å². The van der Waals surface area contributed by atoms with Crippen LogP contribution in [0.25, 0.3) is 0 Å². The predicted octanol–water partition coefficient (Wildman–Crippen LogP) is 2.01. The first kappa shape index (κ1) is 16.5. The Kier molecular flexibility index (Phi) is 5.02. The number of anilines is 1. The Balaban J connectivity index is 1.71. The van der Waals surface area contributed by atoms with Crippen molar-refractivity contribution in [1.29, 1.82) is 0 Å². The number of hydrogen-bond donors (Lipinski definition) is 1. The van der Waals surface area contributed by atoms with Crippen LogP contribution in [0, 0.1) is 5.92 Å². The first-order valence-electron chi connectivity index (χ1n) is 8.13. The van der Waals surface area contributed by atoms with Gasteiger partial charge in [-0.1, -0.05) is 12.1 Å². The number of nitrogens with zero attached hydrogens (tertiary/aromatic N) is 2. The summed E-state index contributed by atoms with van der Waals surface area (Å²) in [6, 6.07) is 7.99. The molecule has 23 heavy (non-hydrogen) atoms.